The van der Waals surface area contributed by atoms with Gasteiger partial charge in [-0.15, -0.1) is 0 Å². The summed E-state index contributed by atoms with van der Waals surface area (Å²) in [6, 6.07) is 15.7. The van der Waals surface area contributed by atoms with Gasteiger partial charge in [0.1, 0.15) is 17.1 Å². The molecule has 2 aromatic rings. The van der Waals surface area contributed by atoms with E-state index in [-0.39, 0.29) is 5.60 Å². The number of rotatable bonds is 4. The SMILES string of the molecule is COc1cccc(NC(=S)N2CCC3(CC2)CC(c2cccc(OC)c2)=NO3)c1. The van der Waals surface area contributed by atoms with Crippen LogP contribution in [0.5, 0.6) is 11.5 Å². The van der Waals surface area contributed by atoms with Crippen molar-refractivity contribution in [2.45, 2.75) is 24.9 Å². The molecule has 6 nitrogen and oxygen atoms in total. The average Bonchev–Trinajstić information content (AvgIpc) is 3.18. The summed E-state index contributed by atoms with van der Waals surface area (Å²) in [5.41, 5.74) is 2.73. The highest BCUT2D eigenvalue weighted by Crippen LogP contribution is 2.36. The number of nitrogens with one attached hydrogen (secondary N) is 1. The number of anilines is 1. The maximum atomic E-state index is 5.94. The van der Waals surface area contributed by atoms with Crippen LogP contribution >= 0.6 is 12.2 Å². The Hall–Kier alpha value is -2.80. The molecule has 29 heavy (non-hydrogen) atoms. The van der Waals surface area contributed by atoms with Gasteiger partial charge < -0.3 is 24.5 Å². The van der Waals surface area contributed by atoms with Gasteiger partial charge in [-0.25, -0.2) is 0 Å². The number of hydrogen-bond donors (Lipinski definition) is 1. The number of ether oxygens (including phenoxy) is 2. The number of methoxy groups -OCH3 is 2. The number of hydrogen-bond acceptors (Lipinski definition) is 5. The molecule has 152 valence electrons. The van der Waals surface area contributed by atoms with Gasteiger partial charge in [-0.2, -0.15) is 0 Å². The Morgan fingerprint density at radius 2 is 1.76 bits per heavy atom. The lowest BCUT2D eigenvalue weighted by Gasteiger charge is -2.38. The summed E-state index contributed by atoms with van der Waals surface area (Å²) < 4.78 is 10.6. The van der Waals surface area contributed by atoms with Crippen molar-refractivity contribution in [2.75, 3.05) is 32.6 Å². The number of piperidine rings is 1. The van der Waals surface area contributed by atoms with Crippen LogP contribution in [-0.4, -0.2) is 48.6 Å². The van der Waals surface area contributed by atoms with E-state index in [1.165, 1.54) is 0 Å². The molecule has 1 saturated heterocycles. The topological polar surface area (TPSA) is 55.3 Å². The highest BCUT2D eigenvalue weighted by molar-refractivity contribution is 7.80. The van der Waals surface area contributed by atoms with Gasteiger partial charge in [0.15, 0.2) is 5.11 Å². The molecule has 0 radical (unpaired) electrons. The summed E-state index contributed by atoms with van der Waals surface area (Å²) >= 11 is 5.62. The van der Waals surface area contributed by atoms with Crippen LogP contribution in [0.1, 0.15) is 24.8 Å². The Morgan fingerprint density at radius 1 is 1.07 bits per heavy atom. The van der Waals surface area contributed by atoms with E-state index in [2.05, 4.69) is 15.4 Å². The van der Waals surface area contributed by atoms with Crippen molar-refractivity contribution in [3.63, 3.8) is 0 Å². The number of likely N-dealkylation sites (tertiary alicyclic amines) is 1. The van der Waals surface area contributed by atoms with E-state index in [1.54, 1.807) is 14.2 Å². The van der Waals surface area contributed by atoms with E-state index in [4.69, 9.17) is 26.5 Å². The Kier molecular flexibility index (Phi) is 5.58. The molecule has 0 amide bonds. The summed E-state index contributed by atoms with van der Waals surface area (Å²) in [5.74, 6) is 1.63. The predicted molar refractivity (Wildman–Crippen MR) is 118 cm³/mol. The summed E-state index contributed by atoms with van der Waals surface area (Å²) in [6.07, 6.45) is 2.57. The summed E-state index contributed by atoms with van der Waals surface area (Å²) in [6.45, 7) is 1.66. The minimum atomic E-state index is -0.236. The molecule has 4 rings (SSSR count). The van der Waals surface area contributed by atoms with Gasteiger partial charge in [-0.1, -0.05) is 23.4 Å². The molecule has 2 heterocycles. The quantitative estimate of drug-likeness (QED) is 0.766. The van der Waals surface area contributed by atoms with Crippen molar-refractivity contribution in [3.05, 3.63) is 54.1 Å². The molecule has 1 fully saturated rings. The van der Waals surface area contributed by atoms with Crippen LogP contribution in [0.25, 0.3) is 0 Å². The molecule has 7 heteroatoms. The molecule has 0 aliphatic carbocycles. The molecule has 0 aromatic heterocycles. The lowest BCUT2D eigenvalue weighted by atomic mass is 9.85. The highest BCUT2D eigenvalue weighted by atomic mass is 32.1. The van der Waals surface area contributed by atoms with Gasteiger partial charge in [0.2, 0.25) is 0 Å². The van der Waals surface area contributed by atoms with E-state index >= 15 is 0 Å². The van der Waals surface area contributed by atoms with Crippen molar-refractivity contribution in [1.82, 2.24) is 4.90 Å². The number of nitrogens with zero attached hydrogens (tertiary/aromatic N) is 2. The van der Waals surface area contributed by atoms with Crippen molar-refractivity contribution in [2.24, 2.45) is 5.16 Å². The average molecular weight is 412 g/mol. The zero-order chi connectivity index (χ0) is 20.3. The van der Waals surface area contributed by atoms with Gasteiger partial charge >= 0.3 is 0 Å². The van der Waals surface area contributed by atoms with Crippen molar-refractivity contribution < 1.29 is 14.3 Å². The summed E-state index contributed by atoms with van der Waals surface area (Å²) in [7, 11) is 3.33. The second kappa shape index (κ2) is 8.29. The molecule has 0 unspecified atom stereocenters. The highest BCUT2D eigenvalue weighted by Gasteiger charge is 2.42. The van der Waals surface area contributed by atoms with Crippen LogP contribution < -0.4 is 14.8 Å². The Balaban J connectivity index is 1.34. The van der Waals surface area contributed by atoms with Gasteiger partial charge in [-0.05, 0) is 36.5 Å². The van der Waals surface area contributed by atoms with E-state index in [0.717, 1.165) is 65.9 Å². The Bertz CT molecular complexity index is 923. The molecular weight excluding hydrogens is 386 g/mol. The molecule has 1 N–H and O–H groups in total. The second-order valence-electron chi connectivity index (χ2n) is 7.37. The van der Waals surface area contributed by atoms with E-state index in [1.807, 2.05) is 48.5 Å². The lowest BCUT2D eigenvalue weighted by molar-refractivity contribution is -0.0521. The molecule has 2 aromatic carbocycles. The predicted octanol–water partition coefficient (Wildman–Crippen LogP) is 4.06. The molecule has 2 aliphatic heterocycles. The third-order valence-corrected chi connectivity index (χ3v) is 5.89. The normalized spacial score (nSPS) is 17.4. The first-order chi connectivity index (χ1) is 14.1. The molecule has 0 atom stereocenters. The molecule has 0 saturated carbocycles. The lowest BCUT2D eigenvalue weighted by Crippen LogP contribution is -2.48. The summed E-state index contributed by atoms with van der Waals surface area (Å²) in [4.78, 5) is 8.13. The van der Waals surface area contributed by atoms with Crippen molar-refractivity contribution in [1.29, 1.82) is 0 Å². The minimum Gasteiger partial charge on any atom is -0.497 e. The van der Waals surface area contributed by atoms with Gasteiger partial charge in [-0.3, -0.25) is 0 Å². The number of oxime groups is 1. The zero-order valence-corrected chi connectivity index (χ0v) is 17.5. The van der Waals surface area contributed by atoms with Crippen LogP contribution in [0, 0.1) is 0 Å². The monoisotopic (exact) mass is 411 g/mol. The fraction of sp³-hybridized carbons (Fsp3) is 0.364. The van der Waals surface area contributed by atoms with Crippen molar-refractivity contribution in [3.8, 4) is 11.5 Å². The Labute approximate surface area is 176 Å². The summed E-state index contributed by atoms with van der Waals surface area (Å²) in [5, 5.41) is 8.42. The third-order valence-electron chi connectivity index (χ3n) is 5.52. The van der Waals surface area contributed by atoms with Crippen LogP contribution in [0.15, 0.2) is 53.7 Å². The zero-order valence-electron chi connectivity index (χ0n) is 16.7. The maximum Gasteiger partial charge on any atom is 0.173 e. The molecular formula is C22H25N3O3S. The third kappa shape index (κ3) is 4.29. The fourth-order valence-electron chi connectivity index (χ4n) is 3.77. The van der Waals surface area contributed by atoms with Gasteiger partial charge in [0, 0.05) is 49.7 Å². The van der Waals surface area contributed by atoms with Gasteiger partial charge in [0.05, 0.1) is 19.9 Å². The fourth-order valence-corrected chi connectivity index (χ4v) is 4.07. The van der Waals surface area contributed by atoms with Crippen LogP contribution in [0.2, 0.25) is 0 Å². The van der Waals surface area contributed by atoms with Gasteiger partial charge in [0.25, 0.3) is 0 Å². The number of benzene rings is 2. The van der Waals surface area contributed by atoms with Crippen LogP contribution in [0.3, 0.4) is 0 Å². The van der Waals surface area contributed by atoms with Crippen LogP contribution in [-0.2, 0) is 4.84 Å². The Morgan fingerprint density at radius 3 is 2.48 bits per heavy atom. The molecule has 2 aliphatic rings. The molecule has 1 spiro atoms. The van der Waals surface area contributed by atoms with E-state index < -0.39 is 0 Å². The van der Waals surface area contributed by atoms with E-state index in [9.17, 15) is 0 Å². The first-order valence-corrected chi connectivity index (χ1v) is 10.1. The minimum absolute atomic E-state index is 0.236. The molecule has 0 bridgehead atoms. The smallest absolute Gasteiger partial charge is 0.173 e. The first kappa shape index (κ1) is 19.5. The number of thiocarbonyl (C=S) groups is 1. The maximum absolute atomic E-state index is 5.94. The largest absolute Gasteiger partial charge is 0.497 e. The standard InChI is InChI=1S/C22H25N3O3S/c1-26-18-7-3-5-16(13-18)20-15-22(28-24-20)9-11-25(12-10-22)21(29)23-17-6-4-8-19(14-17)27-2/h3-8,13-14H,9-12,15H2,1-2H3,(H,23,29). The van der Waals surface area contributed by atoms with E-state index in [0.29, 0.717) is 0 Å². The van der Waals surface area contributed by atoms with Crippen molar-refractivity contribution >= 4 is 28.7 Å². The first-order valence-electron chi connectivity index (χ1n) is 9.70. The second-order valence-corrected chi connectivity index (χ2v) is 7.76. The van der Waals surface area contributed by atoms with Crippen LogP contribution in [0.4, 0.5) is 5.69 Å².